The van der Waals surface area contributed by atoms with E-state index in [-0.39, 0.29) is 0 Å². The van der Waals surface area contributed by atoms with Crippen LogP contribution in [-0.2, 0) is 9.53 Å². The first-order valence-corrected chi connectivity index (χ1v) is 7.19. The third-order valence-electron chi connectivity index (χ3n) is 3.32. The van der Waals surface area contributed by atoms with Gasteiger partial charge in [0, 0.05) is 18.1 Å². The van der Waals surface area contributed by atoms with Crippen molar-refractivity contribution in [3.05, 3.63) is 71.9 Å². The molecule has 0 amide bonds. The Hall–Kier alpha value is -2.77. The Bertz CT molecular complexity index is 745. The zero-order chi connectivity index (χ0) is 16.8. The fourth-order valence-electron chi connectivity index (χ4n) is 2.11. The van der Waals surface area contributed by atoms with Crippen LogP contribution in [0.5, 0.6) is 5.75 Å². The summed E-state index contributed by atoms with van der Waals surface area (Å²) in [5, 5.41) is 9.46. The molecule has 23 heavy (non-hydrogen) atoms. The summed E-state index contributed by atoms with van der Waals surface area (Å²) in [4.78, 5) is 11.1. The highest BCUT2D eigenvalue weighted by molar-refractivity contribution is 5.82. The van der Waals surface area contributed by atoms with E-state index in [0.29, 0.717) is 24.4 Å². The Morgan fingerprint density at radius 3 is 2.70 bits per heavy atom. The number of carbonyl (C=O) groups is 1. The molecule has 1 aliphatic rings. The Morgan fingerprint density at radius 2 is 2.13 bits per heavy atom. The SMILES string of the molecule is C=CC(=O)OC1=C=C=C(c2ccc(OC(O)C=C)c(C)c2)CC1. The van der Waals surface area contributed by atoms with Crippen LogP contribution in [0.4, 0.5) is 0 Å². The summed E-state index contributed by atoms with van der Waals surface area (Å²) in [6, 6.07) is 5.64. The van der Waals surface area contributed by atoms with Gasteiger partial charge in [0.05, 0.1) is 0 Å². The van der Waals surface area contributed by atoms with Gasteiger partial charge in [0.2, 0.25) is 6.29 Å². The monoisotopic (exact) mass is 310 g/mol. The lowest BCUT2D eigenvalue weighted by molar-refractivity contribution is -0.133. The van der Waals surface area contributed by atoms with Gasteiger partial charge in [-0.2, -0.15) is 0 Å². The van der Waals surface area contributed by atoms with E-state index in [1.165, 1.54) is 6.08 Å². The van der Waals surface area contributed by atoms with Crippen LogP contribution in [0.3, 0.4) is 0 Å². The first kappa shape index (κ1) is 16.6. The van der Waals surface area contributed by atoms with E-state index >= 15 is 0 Å². The molecule has 0 bridgehead atoms. The summed E-state index contributed by atoms with van der Waals surface area (Å²) in [5.74, 6) is 0.568. The molecular formula is C19H18O4. The second-order valence-corrected chi connectivity index (χ2v) is 5.00. The molecular weight excluding hydrogens is 292 g/mol. The first-order valence-electron chi connectivity index (χ1n) is 7.19. The van der Waals surface area contributed by atoms with Crippen LogP contribution < -0.4 is 4.74 Å². The fraction of sp³-hybridized carbons (Fsp3) is 0.211. The van der Waals surface area contributed by atoms with E-state index in [9.17, 15) is 9.90 Å². The number of benzene rings is 1. The van der Waals surface area contributed by atoms with Gasteiger partial charge in [0.1, 0.15) is 5.75 Å². The van der Waals surface area contributed by atoms with Gasteiger partial charge in [0.15, 0.2) is 5.76 Å². The minimum Gasteiger partial charge on any atom is -0.461 e. The molecule has 0 saturated heterocycles. The molecule has 1 aromatic rings. The van der Waals surface area contributed by atoms with Crippen LogP contribution in [0.1, 0.15) is 24.0 Å². The Labute approximate surface area is 135 Å². The van der Waals surface area contributed by atoms with Crippen LogP contribution in [0.2, 0.25) is 0 Å². The van der Waals surface area contributed by atoms with E-state index in [2.05, 4.69) is 24.6 Å². The quantitative estimate of drug-likeness (QED) is 0.287. The molecule has 0 radical (unpaired) electrons. The molecule has 1 aromatic carbocycles. The summed E-state index contributed by atoms with van der Waals surface area (Å²) >= 11 is 0. The highest BCUT2D eigenvalue weighted by atomic mass is 16.6. The lowest BCUT2D eigenvalue weighted by Crippen LogP contribution is -2.12. The Balaban J connectivity index is 2.24. The molecule has 1 unspecified atom stereocenters. The van der Waals surface area contributed by atoms with E-state index in [1.807, 2.05) is 19.1 Å². The largest absolute Gasteiger partial charge is 0.461 e. The molecule has 0 aromatic heterocycles. The average molecular weight is 310 g/mol. The summed E-state index contributed by atoms with van der Waals surface area (Å²) in [6.07, 6.45) is 2.68. The first-order chi connectivity index (χ1) is 11.0. The van der Waals surface area contributed by atoms with E-state index < -0.39 is 12.3 Å². The summed E-state index contributed by atoms with van der Waals surface area (Å²) in [5.41, 5.74) is 8.75. The number of esters is 1. The van der Waals surface area contributed by atoms with Crippen molar-refractivity contribution < 1.29 is 19.4 Å². The van der Waals surface area contributed by atoms with Crippen LogP contribution >= 0.6 is 0 Å². The molecule has 0 fully saturated rings. The number of carbonyl (C=O) groups excluding carboxylic acids is 1. The Kier molecular flexibility index (Phi) is 5.40. The molecule has 118 valence electrons. The number of aliphatic hydroxyl groups excluding tert-OH is 1. The predicted octanol–water partition coefficient (Wildman–Crippen LogP) is 3.42. The van der Waals surface area contributed by atoms with Crippen molar-refractivity contribution in [1.29, 1.82) is 0 Å². The lowest BCUT2D eigenvalue weighted by Gasteiger charge is -2.14. The average Bonchev–Trinajstić information content (AvgIpc) is 2.57. The third-order valence-corrected chi connectivity index (χ3v) is 3.32. The van der Waals surface area contributed by atoms with Gasteiger partial charge in [-0.3, -0.25) is 0 Å². The molecule has 1 atom stereocenters. The van der Waals surface area contributed by atoms with Crippen molar-refractivity contribution >= 4 is 11.5 Å². The van der Waals surface area contributed by atoms with Gasteiger partial charge in [0.25, 0.3) is 0 Å². The topological polar surface area (TPSA) is 55.8 Å². The number of aliphatic hydroxyl groups is 1. The molecule has 0 aliphatic heterocycles. The number of hydrogen-bond acceptors (Lipinski definition) is 4. The maximum atomic E-state index is 11.1. The number of allylic oxidation sites excluding steroid dienone is 2. The maximum Gasteiger partial charge on any atom is 0.335 e. The molecule has 0 heterocycles. The maximum absolute atomic E-state index is 11.1. The van der Waals surface area contributed by atoms with Crippen LogP contribution in [0.15, 0.2) is 60.7 Å². The second-order valence-electron chi connectivity index (χ2n) is 5.00. The normalized spacial score (nSPS) is 14.3. The van der Waals surface area contributed by atoms with Crippen molar-refractivity contribution in [2.75, 3.05) is 0 Å². The van der Waals surface area contributed by atoms with Crippen molar-refractivity contribution in [3.8, 4) is 5.75 Å². The Morgan fingerprint density at radius 1 is 1.35 bits per heavy atom. The highest BCUT2D eigenvalue weighted by Gasteiger charge is 2.12. The van der Waals surface area contributed by atoms with Gasteiger partial charge >= 0.3 is 5.97 Å². The van der Waals surface area contributed by atoms with Crippen molar-refractivity contribution in [3.63, 3.8) is 0 Å². The number of ether oxygens (including phenoxy) is 2. The third kappa shape index (κ3) is 4.35. The summed E-state index contributed by atoms with van der Waals surface area (Å²) in [6.45, 7) is 8.72. The molecule has 2 rings (SSSR count). The molecule has 0 saturated carbocycles. The van der Waals surface area contributed by atoms with Crippen LogP contribution in [0, 0.1) is 6.92 Å². The van der Waals surface area contributed by atoms with Gasteiger partial charge in [-0.05, 0) is 48.4 Å². The molecule has 0 spiro atoms. The smallest absolute Gasteiger partial charge is 0.335 e. The van der Waals surface area contributed by atoms with Crippen molar-refractivity contribution in [2.24, 2.45) is 0 Å². The van der Waals surface area contributed by atoms with Gasteiger partial charge in [-0.25, -0.2) is 4.79 Å². The second kappa shape index (κ2) is 7.48. The van der Waals surface area contributed by atoms with Crippen LogP contribution in [0.25, 0.3) is 5.57 Å². The molecule has 1 N–H and O–H groups in total. The number of aryl methyl sites for hydroxylation is 1. The van der Waals surface area contributed by atoms with Gasteiger partial charge < -0.3 is 14.6 Å². The minimum atomic E-state index is -1.03. The zero-order valence-corrected chi connectivity index (χ0v) is 13.0. The van der Waals surface area contributed by atoms with E-state index in [1.54, 1.807) is 6.07 Å². The van der Waals surface area contributed by atoms with E-state index in [0.717, 1.165) is 22.8 Å². The molecule has 4 heteroatoms. The highest BCUT2D eigenvalue weighted by Crippen LogP contribution is 2.28. The number of rotatable bonds is 6. The zero-order valence-electron chi connectivity index (χ0n) is 13.0. The van der Waals surface area contributed by atoms with E-state index in [4.69, 9.17) is 9.47 Å². The van der Waals surface area contributed by atoms with Gasteiger partial charge in [-0.15, -0.1) is 0 Å². The van der Waals surface area contributed by atoms with Crippen LogP contribution in [-0.4, -0.2) is 17.4 Å². The predicted molar refractivity (Wildman–Crippen MR) is 87.5 cm³/mol. The van der Waals surface area contributed by atoms with Crippen molar-refractivity contribution in [2.45, 2.75) is 26.1 Å². The van der Waals surface area contributed by atoms with Gasteiger partial charge in [-0.1, -0.05) is 25.0 Å². The molecule has 1 aliphatic carbocycles. The minimum absolute atomic E-state index is 0.462. The number of hydrogen-bond donors (Lipinski definition) is 1. The summed E-state index contributed by atoms with van der Waals surface area (Å²) in [7, 11) is 0. The fourth-order valence-corrected chi connectivity index (χ4v) is 2.11. The standard InChI is InChI=1S/C19H18O4/c1-4-18(20)22-16-9-6-14(7-10-16)15-8-11-17(13(3)12-15)23-19(21)5-2/h4-5,8,11-12,19,21H,1-2,6,9H2,3H3. The summed E-state index contributed by atoms with van der Waals surface area (Å²) < 4.78 is 10.4. The molecule has 4 nitrogen and oxygen atoms in total. The van der Waals surface area contributed by atoms with Crippen molar-refractivity contribution in [1.82, 2.24) is 0 Å². The lowest BCUT2D eigenvalue weighted by atomic mass is 9.97.